The molecule has 0 aliphatic carbocycles. The fourth-order valence-electron chi connectivity index (χ4n) is 0.526. The molecule has 59 valence electrons. The van der Waals surface area contributed by atoms with Gasteiger partial charge in [-0.15, -0.1) is 12.4 Å². The van der Waals surface area contributed by atoms with Gasteiger partial charge >= 0.3 is 88.1 Å². The molecule has 1 rings (SSSR count). The van der Waals surface area contributed by atoms with Gasteiger partial charge in [0.05, 0.1) is 0 Å². The maximum atomic E-state index is 5.79. The van der Waals surface area contributed by atoms with E-state index in [0.717, 1.165) is 3.58 Å². The van der Waals surface area contributed by atoms with E-state index in [-0.39, 0.29) is 12.4 Å². The van der Waals surface area contributed by atoms with Gasteiger partial charge in [0.15, 0.2) is 0 Å². The van der Waals surface area contributed by atoms with E-state index in [9.17, 15) is 0 Å². The van der Waals surface area contributed by atoms with Crippen LogP contribution in [-0.4, -0.2) is 22.5 Å². The van der Waals surface area contributed by atoms with Crippen molar-refractivity contribution < 1.29 is 0 Å². The predicted octanol–water partition coefficient (Wildman–Crippen LogP) is 2.86. The predicted molar refractivity (Wildman–Crippen MR) is 54.1 cm³/mol. The molecule has 0 unspecified atom stereocenters. The minimum atomic E-state index is 0. The molecule has 5 heteroatoms. The standard InChI is InChI=1S/C6H2Cl3.ClH.Sn/c7-4-2-1-3-5(8)6(4)9;;/h1-2H;1H;. The van der Waals surface area contributed by atoms with Crippen LogP contribution in [-0.2, 0) is 0 Å². The summed E-state index contributed by atoms with van der Waals surface area (Å²) in [5.41, 5.74) is 0. The molecule has 0 heterocycles. The molecule has 0 N–H and O–H groups in total. The second-order valence-corrected chi connectivity index (χ2v) is 4.42. The molecule has 0 spiro atoms. The van der Waals surface area contributed by atoms with E-state index < -0.39 is 0 Å². The van der Waals surface area contributed by atoms with Crippen LogP contribution < -0.4 is 3.58 Å². The van der Waals surface area contributed by atoms with E-state index in [1.54, 1.807) is 6.07 Å². The molecule has 0 nitrogen and oxygen atoms in total. The number of rotatable bonds is 0. The summed E-state index contributed by atoms with van der Waals surface area (Å²) in [6.45, 7) is 0. The Morgan fingerprint density at radius 2 is 1.55 bits per heavy atom. The van der Waals surface area contributed by atoms with Gasteiger partial charge in [-0.2, -0.15) is 0 Å². The van der Waals surface area contributed by atoms with Gasteiger partial charge < -0.3 is 0 Å². The molecule has 0 atom stereocenters. The normalized spacial score (nSPS) is 9.09. The second kappa shape index (κ2) is 5.03. The van der Waals surface area contributed by atoms with Crippen molar-refractivity contribution in [2.24, 2.45) is 0 Å². The summed E-state index contributed by atoms with van der Waals surface area (Å²) < 4.78 is 1.03. The Morgan fingerprint density at radius 3 is 2.00 bits per heavy atom. The average Bonchev–Trinajstić information content (AvgIpc) is 1.93. The van der Waals surface area contributed by atoms with Gasteiger partial charge in [0.1, 0.15) is 0 Å². The van der Waals surface area contributed by atoms with Gasteiger partial charge in [-0.05, 0) is 0 Å². The van der Waals surface area contributed by atoms with Crippen molar-refractivity contribution in [1.82, 2.24) is 0 Å². The molecule has 0 aromatic heterocycles. The van der Waals surface area contributed by atoms with Crippen LogP contribution in [0.4, 0.5) is 0 Å². The van der Waals surface area contributed by atoms with Crippen molar-refractivity contribution in [1.29, 1.82) is 0 Å². The summed E-state index contributed by atoms with van der Waals surface area (Å²) in [4.78, 5) is 0. The zero-order valence-electron chi connectivity index (χ0n) is 5.20. The molecule has 0 aliphatic rings. The molecule has 0 bridgehead atoms. The van der Waals surface area contributed by atoms with E-state index in [0.29, 0.717) is 15.1 Å². The van der Waals surface area contributed by atoms with Gasteiger partial charge in [-0.3, -0.25) is 0 Å². The minimum absolute atomic E-state index is 0. The van der Waals surface area contributed by atoms with E-state index in [1.165, 1.54) is 22.5 Å². The molecule has 0 fully saturated rings. The zero-order chi connectivity index (χ0) is 7.72. The molecule has 11 heavy (non-hydrogen) atoms. The SMILES string of the molecule is Cl.Clc1cc[c]([Sn])c(Cl)c1Cl. The Bertz CT molecular complexity index is 234. The van der Waals surface area contributed by atoms with Crippen LogP contribution in [0.5, 0.6) is 0 Å². The first-order valence-corrected chi connectivity index (χ1v) is 5.04. The van der Waals surface area contributed by atoms with Crippen LogP contribution in [0.15, 0.2) is 12.1 Å². The number of hydrogen-bond donors (Lipinski definition) is 0. The first-order valence-electron chi connectivity index (χ1n) is 2.48. The van der Waals surface area contributed by atoms with Gasteiger partial charge in [0, 0.05) is 0 Å². The van der Waals surface area contributed by atoms with Crippen LogP contribution >= 0.6 is 47.2 Å². The molecule has 3 radical (unpaired) electrons. The molecule has 0 saturated heterocycles. The van der Waals surface area contributed by atoms with Crippen LogP contribution in [0, 0.1) is 0 Å². The van der Waals surface area contributed by atoms with Crippen LogP contribution in [0.3, 0.4) is 0 Å². The molecular weight excluding hydrogens is 333 g/mol. The van der Waals surface area contributed by atoms with Gasteiger partial charge in [0.2, 0.25) is 0 Å². The summed E-state index contributed by atoms with van der Waals surface area (Å²) in [5, 5.41) is 1.54. The average molecular weight is 336 g/mol. The van der Waals surface area contributed by atoms with Crippen LogP contribution in [0.25, 0.3) is 0 Å². The maximum absolute atomic E-state index is 5.79. The zero-order valence-corrected chi connectivity index (χ0v) is 11.1. The number of hydrogen-bond acceptors (Lipinski definition) is 0. The quantitative estimate of drug-likeness (QED) is 0.505. The van der Waals surface area contributed by atoms with E-state index >= 15 is 0 Å². The van der Waals surface area contributed by atoms with E-state index in [2.05, 4.69) is 0 Å². The van der Waals surface area contributed by atoms with Crippen molar-refractivity contribution >= 4 is 73.3 Å². The molecule has 1 aromatic carbocycles. The topological polar surface area (TPSA) is 0 Å². The second-order valence-electron chi connectivity index (χ2n) is 1.72. The Kier molecular flexibility index (Phi) is 5.57. The Hall–Kier alpha value is 1.18. The third-order valence-electron chi connectivity index (χ3n) is 1.04. The first kappa shape index (κ1) is 12.2. The fourth-order valence-corrected chi connectivity index (χ4v) is 1.88. The van der Waals surface area contributed by atoms with Gasteiger partial charge in [-0.25, -0.2) is 0 Å². The van der Waals surface area contributed by atoms with Crippen molar-refractivity contribution in [3.05, 3.63) is 27.2 Å². The summed E-state index contributed by atoms with van der Waals surface area (Å²) >= 11 is 18.4. The molecule has 1 aromatic rings. The molecule has 0 saturated carbocycles. The summed E-state index contributed by atoms with van der Waals surface area (Å²) in [6.07, 6.45) is 0. The Morgan fingerprint density at radius 1 is 1.00 bits per heavy atom. The Labute approximate surface area is 99.7 Å². The monoisotopic (exact) mass is 335 g/mol. The fraction of sp³-hybridized carbons (Fsp3) is 0. The summed E-state index contributed by atoms with van der Waals surface area (Å²) in [6, 6.07) is 3.62. The summed E-state index contributed by atoms with van der Waals surface area (Å²) in [5.74, 6) is 0. The van der Waals surface area contributed by atoms with Gasteiger partial charge in [0.25, 0.3) is 0 Å². The number of benzene rings is 1. The van der Waals surface area contributed by atoms with E-state index in [1.807, 2.05) is 6.07 Å². The van der Waals surface area contributed by atoms with E-state index in [4.69, 9.17) is 34.8 Å². The molecule has 0 amide bonds. The molecular formula is C6H3Cl4Sn. The van der Waals surface area contributed by atoms with Gasteiger partial charge in [-0.1, -0.05) is 0 Å². The third kappa shape index (κ3) is 2.85. The van der Waals surface area contributed by atoms with Crippen molar-refractivity contribution in [2.45, 2.75) is 0 Å². The summed E-state index contributed by atoms with van der Waals surface area (Å²) in [7, 11) is 0. The van der Waals surface area contributed by atoms with Crippen molar-refractivity contribution in [2.75, 3.05) is 0 Å². The van der Waals surface area contributed by atoms with Crippen LogP contribution in [0.2, 0.25) is 15.1 Å². The van der Waals surface area contributed by atoms with Crippen LogP contribution in [0.1, 0.15) is 0 Å². The van der Waals surface area contributed by atoms with Crippen molar-refractivity contribution in [3.63, 3.8) is 0 Å². The first-order chi connectivity index (χ1) is 4.63. The number of halogens is 4. The molecule has 0 aliphatic heterocycles. The van der Waals surface area contributed by atoms with Crippen molar-refractivity contribution in [3.8, 4) is 0 Å². The third-order valence-corrected chi connectivity index (χ3v) is 3.97. The Balaban J connectivity index is 0.000001000.